The van der Waals surface area contributed by atoms with Gasteiger partial charge in [0.1, 0.15) is 11.3 Å². The molecule has 3 heterocycles. The number of aromatic nitrogens is 1. The molecule has 0 unspecified atom stereocenters. The summed E-state index contributed by atoms with van der Waals surface area (Å²) in [6.07, 6.45) is 1.91. The van der Waals surface area contributed by atoms with E-state index in [4.69, 9.17) is 9.15 Å². The number of nitrogens with zero attached hydrogens (tertiary/aromatic N) is 2. The van der Waals surface area contributed by atoms with Crippen molar-refractivity contribution in [2.75, 3.05) is 20.7 Å². The molecule has 1 aliphatic heterocycles. The fourth-order valence-corrected chi connectivity index (χ4v) is 4.18. The maximum atomic E-state index is 14.8. The summed E-state index contributed by atoms with van der Waals surface area (Å²) < 4.78 is 25.6. The molecule has 0 radical (unpaired) electrons. The van der Waals surface area contributed by atoms with Crippen molar-refractivity contribution in [2.24, 2.45) is 0 Å². The zero-order chi connectivity index (χ0) is 23.8. The molecule has 1 aromatic carbocycles. The molecule has 4 rings (SSSR count). The van der Waals surface area contributed by atoms with Crippen molar-refractivity contribution in [3.8, 4) is 5.75 Å². The van der Waals surface area contributed by atoms with Gasteiger partial charge in [-0.05, 0) is 37.7 Å². The van der Waals surface area contributed by atoms with E-state index in [0.717, 1.165) is 11.1 Å². The molecule has 0 saturated carbocycles. The van der Waals surface area contributed by atoms with Gasteiger partial charge >= 0.3 is 0 Å². The second kappa shape index (κ2) is 8.62. The van der Waals surface area contributed by atoms with Crippen LogP contribution in [0.1, 0.15) is 27.4 Å². The Morgan fingerprint density at radius 2 is 2.18 bits per heavy atom. The number of amides is 3. The first-order valence-corrected chi connectivity index (χ1v) is 10.2. The Labute approximate surface area is 188 Å². The Hall–Kier alpha value is -3.79. The molecule has 9 nitrogen and oxygen atoms in total. The second-order valence-corrected chi connectivity index (χ2v) is 7.95. The van der Waals surface area contributed by atoms with Crippen LogP contribution >= 0.6 is 0 Å². The van der Waals surface area contributed by atoms with Crippen LogP contribution in [-0.4, -0.2) is 54.3 Å². The van der Waals surface area contributed by atoms with Gasteiger partial charge in [-0.1, -0.05) is 6.07 Å². The third-order valence-corrected chi connectivity index (χ3v) is 5.91. The molecule has 3 amide bonds. The van der Waals surface area contributed by atoms with Crippen molar-refractivity contribution in [1.29, 1.82) is 0 Å². The second-order valence-electron chi connectivity index (χ2n) is 7.95. The fourth-order valence-electron chi connectivity index (χ4n) is 4.18. The van der Waals surface area contributed by atoms with Crippen molar-refractivity contribution >= 4 is 29.2 Å². The number of hydrogen-bond donors (Lipinski definition) is 2. The van der Waals surface area contributed by atoms with Crippen molar-refractivity contribution < 1.29 is 27.9 Å². The van der Waals surface area contributed by atoms with Gasteiger partial charge in [0.25, 0.3) is 5.91 Å². The van der Waals surface area contributed by atoms with E-state index in [1.165, 1.54) is 18.1 Å². The van der Waals surface area contributed by atoms with Gasteiger partial charge in [0, 0.05) is 30.6 Å². The summed E-state index contributed by atoms with van der Waals surface area (Å²) in [6.45, 7) is 1.83. The van der Waals surface area contributed by atoms with Crippen LogP contribution in [0.5, 0.6) is 5.75 Å². The number of pyridine rings is 1. The van der Waals surface area contributed by atoms with E-state index >= 15 is 0 Å². The highest BCUT2D eigenvalue weighted by Crippen LogP contribution is 2.32. The lowest BCUT2D eigenvalue weighted by Crippen LogP contribution is -2.62. The SMILES string of the molecule is CN[C@](Cc1cc2cc(C)ncc2o1)(CN1Cc2ccc(OC)c(F)c2C1=O)C(=O)NC=O. The molecule has 10 heteroatoms. The lowest BCUT2D eigenvalue weighted by molar-refractivity contribution is -0.131. The van der Waals surface area contributed by atoms with E-state index in [1.54, 1.807) is 25.4 Å². The van der Waals surface area contributed by atoms with Gasteiger partial charge in [-0.25, -0.2) is 4.39 Å². The minimum absolute atomic E-state index is 0.0306. The van der Waals surface area contributed by atoms with Crippen LogP contribution in [0.4, 0.5) is 4.39 Å². The Kier molecular flexibility index (Phi) is 5.86. The van der Waals surface area contributed by atoms with Crippen molar-refractivity contribution in [2.45, 2.75) is 25.4 Å². The van der Waals surface area contributed by atoms with Gasteiger partial charge in [-0.3, -0.25) is 24.7 Å². The molecule has 0 spiro atoms. The predicted molar refractivity (Wildman–Crippen MR) is 116 cm³/mol. The van der Waals surface area contributed by atoms with Crippen LogP contribution < -0.4 is 15.4 Å². The number of ether oxygens (including phenoxy) is 1. The van der Waals surface area contributed by atoms with E-state index in [1.807, 2.05) is 13.0 Å². The topological polar surface area (TPSA) is 114 Å². The summed E-state index contributed by atoms with van der Waals surface area (Å²) in [4.78, 5) is 42.7. The van der Waals surface area contributed by atoms with Crippen LogP contribution in [0.3, 0.4) is 0 Å². The number of aryl methyl sites for hydroxylation is 1. The third kappa shape index (κ3) is 3.93. The third-order valence-electron chi connectivity index (χ3n) is 5.91. The average molecular weight is 454 g/mol. The summed E-state index contributed by atoms with van der Waals surface area (Å²) >= 11 is 0. The number of benzene rings is 1. The number of rotatable bonds is 8. The maximum absolute atomic E-state index is 14.8. The highest BCUT2D eigenvalue weighted by molar-refractivity contribution is 6.00. The molecular weight excluding hydrogens is 431 g/mol. The Bertz CT molecular complexity index is 1260. The number of likely N-dealkylation sites (N-methyl/N-ethyl adjacent to an activating group) is 1. The molecule has 172 valence electrons. The Morgan fingerprint density at radius 3 is 2.88 bits per heavy atom. The van der Waals surface area contributed by atoms with Crippen molar-refractivity contribution in [1.82, 2.24) is 20.5 Å². The zero-order valence-electron chi connectivity index (χ0n) is 18.4. The lowest BCUT2D eigenvalue weighted by atomic mass is 9.91. The summed E-state index contributed by atoms with van der Waals surface area (Å²) in [5.74, 6) is -1.52. The molecule has 1 aliphatic rings. The van der Waals surface area contributed by atoms with Crippen LogP contribution in [0, 0.1) is 12.7 Å². The molecule has 0 aliphatic carbocycles. The quantitative estimate of drug-likeness (QED) is 0.498. The highest BCUT2D eigenvalue weighted by Gasteiger charge is 2.44. The van der Waals surface area contributed by atoms with Crippen LogP contribution in [0.2, 0.25) is 0 Å². The van der Waals surface area contributed by atoms with E-state index in [0.29, 0.717) is 16.9 Å². The van der Waals surface area contributed by atoms with Gasteiger partial charge in [0.05, 0.1) is 18.9 Å². The largest absolute Gasteiger partial charge is 0.494 e. The first-order chi connectivity index (χ1) is 15.8. The molecular formula is C23H23FN4O5. The van der Waals surface area contributed by atoms with Gasteiger partial charge in [0.2, 0.25) is 12.3 Å². The van der Waals surface area contributed by atoms with Crippen LogP contribution in [0.25, 0.3) is 11.0 Å². The monoisotopic (exact) mass is 454 g/mol. The van der Waals surface area contributed by atoms with Crippen molar-refractivity contribution in [3.05, 3.63) is 58.9 Å². The molecule has 1 atom stereocenters. The number of imide groups is 1. The van der Waals surface area contributed by atoms with E-state index < -0.39 is 23.2 Å². The van der Waals surface area contributed by atoms with Crippen molar-refractivity contribution in [3.63, 3.8) is 0 Å². The first-order valence-electron chi connectivity index (χ1n) is 10.2. The van der Waals surface area contributed by atoms with Crippen LogP contribution in [-0.2, 0) is 22.6 Å². The molecule has 2 N–H and O–H groups in total. The number of methoxy groups -OCH3 is 1. The lowest BCUT2D eigenvalue weighted by Gasteiger charge is -2.34. The number of hydrogen-bond acceptors (Lipinski definition) is 7. The number of halogens is 1. The average Bonchev–Trinajstić information content (AvgIpc) is 3.33. The molecule has 33 heavy (non-hydrogen) atoms. The minimum atomic E-state index is -1.42. The zero-order valence-corrected chi connectivity index (χ0v) is 18.4. The van der Waals surface area contributed by atoms with E-state index in [2.05, 4.69) is 15.6 Å². The maximum Gasteiger partial charge on any atom is 0.257 e. The van der Waals surface area contributed by atoms with E-state index in [-0.39, 0.29) is 37.2 Å². The van der Waals surface area contributed by atoms with Gasteiger partial charge in [-0.15, -0.1) is 0 Å². The molecule has 0 fully saturated rings. The Morgan fingerprint density at radius 1 is 1.39 bits per heavy atom. The molecule has 0 saturated heterocycles. The Balaban J connectivity index is 1.68. The van der Waals surface area contributed by atoms with Gasteiger partial charge in [0.15, 0.2) is 17.1 Å². The number of fused-ring (bicyclic) bond motifs is 2. The number of carbonyl (C=O) groups excluding carboxylic acids is 3. The van der Waals surface area contributed by atoms with Gasteiger partial charge in [-0.2, -0.15) is 0 Å². The number of carbonyl (C=O) groups is 3. The standard InChI is InChI=1S/C23H23FN4O5/c1-13-6-15-7-16(33-18(15)9-26-13)8-23(25-2,22(31)27-12-29)11-28-10-14-4-5-17(32-3)20(24)19(14)21(28)30/h4-7,9,12,25H,8,10-11H2,1-3H3,(H,27,29,31)/t23-/m1/s1. The van der Waals surface area contributed by atoms with Crippen LogP contribution in [0.15, 0.2) is 34.9 Å². The summed E-state index contributed by atoms with van der Waals surface area (Å²) in [7, 11) is 2.87. The molecule has 0 bridgehead atoms. The smallest absolute Gasteiger partial charge is 0.257 e. The highest BCUT2D eigenvalue weighted by atomic mass is 19.1. The first kappa shape index (κ1) is 22.4. The molecule has 3 aromatic rings. The minimum Gasteiger partial charge on any atom is -0.494 e. The normalized spacial score (nSPS) is 14.8. The fraction of sp³-hybridized carbons (Fsp3) is 0.304. The number of nitrogens with one attached hydrogen (secondary N) is 2. The van der Waals surface area contributed by atoms with E-state index in [9.17, 15) is 18.8 Å². The number of furan rings is 1. The molecule has 2 aromatic heterocycles. The van der Waals surface area contributed by atoms with Gasteiger partial charge < -0.3 is 19.4 Å². The predicted octanol–water partition coefficient (Wildman–Crippen LogP) is 1.71. The summed E-state index contributed by atoms with van der Waals surface area (Å²) in [6, 6.07) is 6.72. The summed E-state index contributed by atoms with van der Waals surface area (Å²) in [5.41, 5.74) is 0.349. The summed E-state index contributed by atoms with van der Waals surface area (Å²) in [5, 5.41) is 5.95.